The van der Waals surface area contributed by atoms with Crippen molar-refractivity contribution in [1.82, 2.24) is 19.1 Å². The van der Waals surface area contributed by atoms with Gasteiger partial charge in [0.05, 0.1) is 37.4 Å². The summed E-state index contributed by atoms with van der Waals surface area (Å²) in [4.78, 5) is 24.9. The van der Waals surface area contributed by atoms with Crippen LogP contribution in [0.4, 0.5) is 4.39 Å². The monoisotopic (exact) mass is 433 g/mol. The van der Waals surface area contributed by atoms with E-state index in [0.717, 1.165) is 22.5 Å². The number of hydrogen-bond acceptors (Lipinski definition) is 4. The van der Waals surface area contributed by atoms with E-state index in [9.17, 15) is 9.18 Å². The quantitative estimate of drug-likeness (QED) is 0.537. The van der Waals surface area contributed by atoms with Crippen LogP contribution in [0.5, 0.6) is 5.75 Å². The van der Waals surface area contributed by atoms with E-state index in [2.05, 4.69) is 15.0 Å². The number of benzene rings is 2. The van der Waals surface area contributed by atoms with Crippen molar-refractivity contribution < 1.29 is 9.13 Å². The van der Waals surface area contributed by atoms with Gasteiger partial charge < -0.3 is 14.3 Å². The molecular formula is C24H24FN5O2. The van der Waals surface area contributed by atoms with E-state index < -0.39 is 0 Å². The average Bonchev–Trinajstić information content (AvgIpc) is 3.46. The Kier molecular flexibility index (Phi) is 5.52. The van der Waals surface area contributed by atoms with E-state index in [1.807, 2.05) is 35.9 Å². The zero-order valence-corrected chi connectivity index (χ0v) is 17.0. The van der Waals surface area contributed by atoms with Crippen LogP contribution in [0.25, 0.3) is 11.8 Å². The highest BCUT2D eigenvalue weighted by molar-refractivity contribution is 5.58. The number of nitrogens with one attached hydrogen (secondary N) is 1. The Morgan fingerprint density at radius 2 is 2.00 bits per heavy atom. The van der Waals surface area contributed by atoms with Crippen molar-refractivity contribution in [3.8, 4) is 11.4 Å². The number of H-pyrrole nitrogens is 1. The van der Waals surface area contributed by atoms with Gasteiger partial charge in [0.15, 0.2) is 0 Å². The second-order valence-corrected chi connectivity index (χ2v) is 7.44. The molecule has 32 heavy (non-hydrogen) atoms. The van der Waals surface area contributed by atoms with E-state index in [0.29, 0.717) is 23.3 Å². The number of methoxy groups -OCH3 is 1. The molecule has 2 aromatic carbocycles. The second-order valence-electron chi connectivity index (χ2n) is 7.44. The lowest BCUT2D eigenvalue weighted by Crippen LogP contribution is -2.33. The lowest BCUT2D eigenvalue weighted by molar-refractivity contribution is 0.413. The molecule has 1 unspecified atom stereocenters. The first-order chi connectivity index (χ1) is 15.0. The molecule has 0 fully saturated rings. The summed E-state index contributed by atoms with van der Waals surface area (Å²) in [7, 11) is 1.61. The fourth-order valence-electron chi connectivity index (χ4n) is 3.87. The topological polar surface area (TPSA) is 77.2 Å². The van der Waals surface area contributed by atoms with Crippen LogP contribution in [0, 0.1) is 12.7 Å². The van der Waals surface area contributed by atoms with Crippen LogP contribution >= 0.6 is 0 Å². The summed E-state index contributed by atoms with van der Waals surface area (Å²) in [6.45, 7) is 2.37. The van der Waals surface area contributed by atoms with E-state index in [1.54, 1.807) is 36.2 Å². The molecule has 5 rings (SSSR count). The zero-order valence-electron chi connectivity index (χ0n) is 17.0. The molecule has 1 atom stereocenters. The van der Waals surface area contributed by atoms with Crippen LogP contribution in [-0.2, 0) is 0 Å². The van der Waals surface area contributed by atoms with Crippen LogP contribution in [0.2, 0.25) is 0 Å². The van der Waals surface area contributed by atoms with Crippen molar-refractivity contribution in [3.05, 3.63) is 98.9 Å². The van der Waals surface area contributed by atoms with E-state index in [4.69, 9.17) is 4.74 Å². The number of imidazole rings is 2. The van der Waals surface area contributed by atoms with Crippen LogP contribution in [0.1, 0.15) is 30.3 Å². The van der Waals surface area contributed by atoms with Gasteiger partial charge in [-0.25, -0.2) is 14.4 Å². The van der Waals surface area contributed by atoms with Crippen LogP contribution in [0.3, 0.4) is 0 Å². The molecule has 4 aromatic rings. The first kappa shape index (κ1) is 21.3. The summed E-state index contributed by atoms with van der Waals surface area (Å²) in [6.07, 6.45) is 5.42. The first-order valence-electron chi connectivity index (χ1n) is 9.84. The minimum atomic E-state index is -0.308. The molecule has 1 N–H and O–H groups in total. The lowest BCUT2D eigenvalue weighted by atomic mass is 10.1. The summed E-state index contributed by atoms with van der Waals surface area (Å²) < 4.78 is 22.3. The SMILES string of the molecule is C.COc1cc(/C=c2\[nH]c3n(c2=O)C(c2ccc(F)cc2)CN=3)ccc1-n1cnc(C)c1. The number of ether oxygens (including phenoxy) is 1. The predicted molar refractivity (Wildman–Crippen MR) is 120 cm³/mol. The molecule has 0 bridgehead atoms. The number of aromatic nitrogens is 4. The highest BCUT2D eigenvalue weighted by Gasteiger charge is 2.23. The van der Waals surface area contributed by atoms with Gasteiger partial charge in [-0.1, -0.05) is 25.6 Å². The summed E-state index contributed by atoms with van der Waals surface area (Å²) in [5.41, 5.74) is 3.77. The molecule has 0 aliphatic carbocycles. The van der Waals surface area contributed by atoms with Crippen molar-refractivity contribution >= 4 is 6.08 Å². The first-order valence-corrected chi connectivity index (χ1v) is 9.84. The Bertz CT molecular complexity index is 1450. The molecule has 0 saturated carbocycles. The summed E-state index contributed by atoms with van der Waals surface area (Å²) in [5.74, 6) is 0.358. The number of aromatic amines is 1. The van der Waals surface area contributed by atoms with E-state index in [1.165, 1.54) is 12.1 Å². The average molecular weight is 433 g/mol. The molecule has 0 saturated heterocycles. The van der Waals surface area contributed by atoms with Crippen molar-refractivity contribution in [2.24, 2.45) is 4.99 Å². The Morgan fingerprint density at radius 1 is 1.22 bits per heavy atom. The van der Waals surface area contributed by atoms with Crippen molar-refractivity contribution in [2.75, 3.05) is 13.7 Å². The van der Waals surface area contributed by atoms with Gasteiger partial charge in [0.2, 0.25) is 5.62 Å². The smallest absolute Gasteiger partial charge is 0.277 e. The molecular weight excluding hydrogens is 409 g/mol. The molecule has 0 amide bonds. The molecule has 2 aromatic heterocycles. The van der Waals surface area contributed by atoms with Gasteiger partial charge in [-0.15, -0.1) is 0 Å². The van der Waals surface area contributed by atoms with Gasteiger partial charge >= 0.3 is 0 Å². The second kappa shape index (κ2) is 8.30. The van der Waals surface area contributed by atoms with Crippen molar-refractivity contribution in [3.63, 3.8) is 0 Å². The third-order valence-electron chi connectivity index (χ3n) is 5.41. The molecule has 1 aliphatic heterocycles. The Balaban J connectivity index is 0.00000245. The number of nitrogens with zero attached hydrogens (tertiary/aromatic N) is 4. The lowest BCUT2D eigenvalue weighted by Gasteiger charge is -2.11. The minimum Gasteiger partial charge on any atom is -0.495 e. The molecule has 0 spiro atoms. The van der Waals surface area contributed by atoms with Gasteiger partial charge in [-0.2, -0.15) is 0 Å². The standard InChI is InChI=1S/C23H20FN5O2.CH4/c1-14-12-28(13-26-14)19-8-3-15(10-21(19)31-2)9-18-22(30)29-20(11-25-23(29)27-18)16-4-6-17(24)7-5-16;/h3-10,12-13,20H,11H2,1-2H3,(H,25,27);1H4/b18-9-;. The minimum absolute atomic E-state index is 0. The summed E-state index contributed by atoms with van der Waals surface area (Å²) >= 11 is 0. The van der Waals surface area contributed by atoms with Crippen molar-refractivity contribution in [2.45, 2.75) is 20.4 Å². The normalized spacial score (nSPS) is 15.2. The number of aryl methyl sites for hydroxylation is 1. The molecule has 7 nitrogen and oxygen atoms in total. The molecule has 0 radical (unpaired) electrons. The van der Waals surface area contributed by atoms with E-state index in [-0.39, 0.29) is 24.8 Å². The maximum atomic E-state index is 13.3. The Labute approximate surface area is 184 Å². The highest BCUT2D eigenvalue weighted by Crippen LogP contribution is 2.25. The fraction of sp³-hybridized carbons (Fsp3) is 0.208. The maximum absolute atomic E-state index is 13.3. The largest absolute Gasteiger partial charge is 0.495 e. The number of fused-ring (bicyclic) bond motifs is 1. The van der Waals surface area contributed by atoms with Gasteiger partial charge in [0.25, 0.3) is 5.56 Å². The number of halogens is 1. The number of rotatable bonds is 4. The Morgan fingerprint density at radius 3 is 2.69 bits per heavy atom. The third-order valence-corrected chi connectivity index (χ3v) is 5.41. The predicted octanol–water partition coefficient (Wildman–Crippen LogP) is 2.51. The summed E-state index contributed by atoms with van der Waals surface area (Å²) in [5, 5.41) is 0.429. The Hall–Kier alpha value is -3.94. The number of hydrogen-bond donors (Lipinski definition) is 1. The fourth-order valence-corrected chi connectivity index (χ4v) is 3.87. The maximum Gasteiger partial charge on any atom is 0.277 e. The van der Waals surface area contributed by atoms with Crippen molar-refractivity contribution in [1.29, 1.82) is 0 Å². The molecule has 1 aliphatic rings. The van der Waals surface area contributed by atoms with Crippen LogP contribution in [0.15, 0.2) is 64.8 Å². The summed E-state index contributed by atoms with van der Waals surface area (Å²) in [6, 6.07) is 11.6. The van der Waals surface area contributed by atoms with Crippen LogP contribution in [-0.4, -0.2) is 32.8 Å². The van der Waals surface area contributed by atoms with E-state index >= 15 is 0 Å². The van der Waals surface area contributed by atoms with Gasteiger partial charge in [0.1, 0.15) is 16.9 Å². The zero-order chi connectivity index (χ0) is 21.5. The molecule has 3 heterocycles. The van der Waals surface area contributed by atoms with Gasteiger partial charge in [-0.3, -0.25) is 9.36 Å². The third kappa shape index (κ3) is 3.64. The molecule has 8 heteroatoms. The van der Waals surface area contributed by atoms with Gasteiger partial charge in [0, 0.05) is 6.20 Å². The van der Waals surface area contributed by atoms with Crippen LogP contribution < -0.4 is 21.3 Å². The van der Waals surface area contributed by atoms with Gasteiger partial charge in [-0.05, 0) is 48.4 Å². The molecule has 164 valence electrons. The highest BCUT2D eigenvalue weighted by atomic mass is 19.1.